The van der Waals surface area contributed by atoms with E-state index in [0.29, 0.717) is 48.3 Å². The molecule has 1 amide bonds. The van der Waals surface area contributed by atoms with Gasteiger partial charge in [0.25, 0.3) is 8.32 Å². The van der Waals surface area contributed by atoms with Gasteiger partial charge in [-0.05, 0) is 144 Å². The molecule has 0 radical (unpaired) electrons. The van der Waals surface area contributed by atoms with E-state index in [1.165, 1.54) is 0 Å². The van der Waals surface area contributed by atoms with Crippen molar-refractivity contribution < 1.29 is 32.4 Å². The number of nitrogens with zero attached hydrogens (tertiary/aromatic N) is 1. The number of likely N-dealkylation sites (tertiary alicyclic amines) is 1. The van der Waals surface area contributed by atoms with Crippen LogP contribution in [0, 0.1) is 5.82 Å². The Kier molecular flexibility index (Phi) is 13.4. The van der Waals surface area contributed by atoms with Gasteiger partial charge in [-0.1, -0.05) is 54.0 Å². The zero-order valence-corrected chi connectivity index (χ0v) is 35.0. The summed E-state index contributed by atoms with van der Waals surface area (Å²) in [4.78, 5) is 14.5. The maximum absolute atomic E-state index is 15.9. The summed E-state index contributed by atoms with van der Waals surface area (Å²) >= 11 is 0. The number of benzene rings is 2. The number of ether oxygens (including phenoxy) is 2. The molecular formula is C41H67BFNO6Si. The average molecular weight is 728 g/mol. The van der Waals surface area contributed by atoms with Crippen molar-refractivity contribution in [2.45, 2.75) is 174 Å². The first-order valence-corrected chi connectivity index (χ1v) is 21.7. The first-order chi connectivity index (χ1) is 23.7. The number of carbonyl (C=O) groups excluding carboxylic acids is 1. The molecule has 2 aromatic carbocycles. The van der Waals surface area contributed by atoms with E-state index >= 15 is 4.39 Å². The topological polar surface area (TPSA) is 66.5 Å². The highest BCUT2D eigenvalue weighted by Gasteiger charge is 2.53. The van der Waals surface area contributed by atoms with Gasteiger partial charge in [0.1, 0.15) is 17.2 Å². The molecule has 51 heavy (non-hydrogen) atoms. The Hall–Kier alpha value is -2.14. The number of rotatable bonds is 13. The molecule has 10 heteroatoms. The van der Waals surface area contributed by atoms with E-state index in [0.717, 1.165) is 60.5 Å². The predicted octanol–water partition coefficient (Wildman–Crippen LogP) is 10.4. The van der Waals surface area contributed by atoms with Crippen LogP contribution in [0.3, 0.4) is 0 Å². The molecule has 2 heterocycles. The van der Waals surface area contributed by atoms with Crippen LogP contribution in [0.1, 0.15) is 134 Å². The van der Waals surface area contributed by atoms with Crippen LogP contribution in [0.5, 0.6) is 5.75 Å². The third kappa shape index (κ3) is 9.70. The number of fused-ring (bicyclic) bond motifs is 1. The van der Waals surface area contributed by atoms with Gasteiger partial charge >= 0.3 is 13.2 Å². The fourth-order valence-electron chi connectivity index (χ4n) is 8.10. The molecule has 1 unspecified atom stereocenters. The van der Waals surface area contributed by atoms with Crippen molar-refractivity contribution in [3.8, 4) is 5.75 Å². The van der Waals surface area contributed by atoms with E-state index in [9.17, 15) is 4.79 Å². The minimum atomic E-state index is -2.26. The summed E-state index contributed by atoms with van der Waals surface area (Å²) < 4.78 is 48.2. The lowest BCUT2D eigenvalue weighted by molar-refractivity contribution is 0.000423. The lowest BCUT2D eigenvalue weighted by Crippen LogP contribution is -2.51. The number of amides is 1. The van der Waals surface area contributed by atoms with Crippen molar-refractivity contribution >= 4 is 37.8 Å². The van der Waals surface area contributed by atoms with Crippen LogP contribution in [-0.2, 0) is 25.2 Å². The second-order valence-electron chi connectivity index (χ2n) is 17.9. The molecule has 2 aliphatic heterocycles. The molecule has 0 N–H and O–H groups in total. The van der Waals surface area contributed by atoms with Crippen LogP contribution in [-0.4, -0.2) is 69.0 Å². The van der Waals surface area contributed by atoms with Crippen LogP contribution >= 0.6 is 0 Å². The van der Waals surface area contributed by atoms with Gasteiger partial charge in [0.05, 0.1) is 23.9 Å². The van der Waals surface area contributed by atoms with E-state index in [2.05, 4.69) is 81.4 Å². The zero-order valence-electron chi connectivity index (χ0n) is 34.0. The van der Waals surface area contributed by atoms with Crippen molar-refractivity contribution in [1.29, 1.82) is 0 Å². The first kappa shape index (κ1) is 41.6. The number of carbonyl (C=O) groups is 1. The highest BCUT2D eigenvalue weighted by molar-refractivity contribution is 6.78. The Bertz CT molecular complexity index is 1450. The predicted molar refractivity (Wildman–Crippen MR) is 210 cm³/mol. The second-order valence-corrected chi connectivity index (χ2v) is 23.2. The first-order valence-electron chi connectivity index (χ1n) is 19.6. The lowest BCUT2D eigenvalue weighted by Gasteiger charge is -2.42. The third-order valence-electron chi connectivity index (χ3n) is 11.4. The minimum absolute atomic E-state index is 0.00157. The Balaban J connectivity index is 1.53. The zero-order chi connectivity index (χ0) is 37.9. The molecule has 0 bridgehead atoms. The minimum Gasteiger partial charge on any atom is -0.543 e. The van der Waals surface area contributed by atoms with Crippen molar-refractivity contribution in [2.75, 3.05) is 19.7 Å². The molecule has 2 fully saturated rings. The molecular weight excluding hydrogens is 660 g/mol. The maximum atomic E-state index is 15.9. The number of unbranched alkanes of at least 4 members (excludes halogenated alkanes) is 2. The molecule has 2 saturated heterocycles. The lowest BCUT2D eigenvalue weighted by atomic mass is 9.74. The normalized spacial score (nSPS) is 19.7. The Morgan fingerprint density at radius 1 is 0.961 bits per heavy atom. The van der Waals surface area contributed by atoms with Gasteiger partial charge in [-0.15, -0.1) is 0 Å². The summed E-state index contributed by atoms with van der Waals surface area (Å²) in [5, 5.41) is 1.81. The summed E-state index contributed by atoms with van der Waals surface area (Å²) in [7, 11) is -2.91. The van der Waals surface area contributed by atoms with Gasteiger partial charge in [-0.3, -0.25) is 0 Å². The van der Waals surface area contributed by atoms with Crippen LogP contribution < -0.4 is 9.89 Å². The van der Waals surface area contributed by atoms with Gasteiger partial charge in [-0.2, -0.15) is 0 Å². The maximum Gasteiger partial charge on any atom is 0.495 e. The number of halogens is 1. The van der Waals surface area contributed by atoms with Gasteiger partial charge < -0.3 is 28.1 Å². The number of hydrogen-bond acceptors (Lipinski definition) is 6. The van der Waals surface area contributed by atoms with E-state index in [4.69, 9.17) is 23.2 Å². The molecule has 286 valence electrons. The van der Waals surface area contributed by atoms with E-state index in [-0.39, 0.29) is 18.0 Å². The van der Waals surface area contributed by atoms with E-state index in [1.54, 1.807) is 11.0 Å². The van der Waals surface area contributed by atoms with E-state index in [1.807, 2.05) is 26.8 Å². The highest BCUT2D eigenvalue weighted by Crippen LogP contribution is 2.44. The molecule has 2 aliphatic rings. The Morgan fingerprint density at radius 2 is 1.59 bits per heavy atom. The van der Waals surface area contributed by atoms with Crippen LogP contribution in [0.15, 0.2) is 24.3 Å². The van der Waals surface area contributed by atoms with Crippen molar-refractivity contribution in [2.24, 2.45) is 0 Å². The highest BCUT2D eigenvalue weighted by atomic mass is 28.4. The number of aryl methyl sites for hydroxylation is 1. The Morgan fingerprint density at radius 3 is 2.18 bits per heavy atom. The van der Waals surface area contributed by atoms with Gasteiger partial charge in [0, 0.05) is 13.2 Å². The molecule has 0 spiro atoms. The summed E-state index contributed by atoms with van der Waals surface area (Å²) in [6.07, 6.45) is 5.82. The van der Waals surface area contributed by atoms with Crippen molar-refractivity contribution in [3.05, 3.63) is 35.6 Å². The SMILES string of the molecule is CC(C)[Si](Oc1cc(B2OC(C)(C)C(C)(C)O2)c2c(CCCCCOC3CCCCN(C(=O)OC(C)(C)C)C3)c(F)ccc2c1)(C(C)C)C(C)C. The van der Waals surface area contributed by atoms with Crippen LogP contribution in [0.25, 0.3) is 10.8 Å². The van der Waals surface area contributed by atoms with Crippen LogP contribution in [0.2, 0.25) is 16.6 Å². The number of hydrogen-bond donors (Lipinski definition) is 0. The monoisotopic (exact) mass is 727 g/mol. The van der Waals surface area contributed by atoms with Gasteiger partial charge in [0.2, 0.25) is 0 Å². The summed E-state index contributed by atoms with van der Waals surface area (Å²) in [5.74, 6) is 0.606. The average Bonchev–Trinajstić information content (AvgIpc) is 3.14. The molecule has 1 atom stereocenters. The fourth-order valence-corrected chi connectivity index (χ4v) is 13.3. The van der Waals surface area contributed by atoms with Gasteiger partial charge in [0.15, 0.2) is 0 Å². The molecule has 4 rings (SSSR count). The standard InChI is InChI=1S/C41H67BFNO6Si/c1-28(2)51(29(3)4,30(5)6)48-33-25-31-21-22-36(43)34(37(31)35(26-33)42-49-40(10,11)41(12,13)50-42)20-15-14-18-24-46-32-19-16-17-23-44(27-32)38(45)47-39(7,8)9/h21-22,25-26,28-30,32H,14-20,23-24,27H2,1-13H3. The quantitative estimate of drug-likeness (QED) is 0.151. The molecule has 7 nitrogen and oxygen atoms in total. The van der Waals surface area contributed by atoms with Crippen molar-refractivity contribution in [3.63, 3.8) is 0 Å². The fraction of sp³-hybridized carbons (Fsp3) is 0.732. The van der Waals surface area contributed by atoms with Crippen molar-refractivity contribution in [1.82, 2.24) is 4.90 Å². The summed E-state index contributed by atoms with van der Waals surface area (Å²) in [6, 6.07) is 7.64. The molecule has 2 aromatic rings. The van der Waals surface area contributed by atoms with Crippen LogP contribution in [0.4, 0.5) is 9.18 Å². The summed E-state index contributed by atoms with van der Waals surface area (Å²) in [5.41, 5.74) is 1.16. The molecule has 0 saturated carbocycles. The molecule has 0 aromatic heterocycles. The second kappa shape index (κ2) is 16.5. The Labute approximate surface area is 309 Å². The summed E-state index contributed by atoms with van der Waals surface area (Å²) in [6.45, 7) is 29.5. The van der Waals surface area contributed by atoms with E-state index < -0.39 is 32.2 Å². The smallest absolute Gasteiger partial charge is 0.495 e. The third-order valence-corrected chi connectivity index (χ3v) is 17.4. The van der Waals surface area contributed by atoms with Gasteiger partial charge in [-0.25, -0.2) is 9.18 Å². The molecule has 0 aliphatic carbocycles. The largest absolute Gasteiger partial charge is 0.543 e.